The van der Waals surface area contributed by atoms with E-state index >= 15 is 0 Å². The minimum Gasteiger partial charge on any atom is -0.326 e. The Hall–Kier alpha value is -0.930. The molecule has 94 valence electrons. The highest BCUT2D eigenvalue weighted by molar-refractivity contribution is 5.24. The van der Waals surface area contributed by atoms with Gasteiger partial charge in [0, 0.05) is 26.2 Å². The summed E-state index contributed by atoms with van der Waals surface area (Å²) >= 11 is 0. The van der Waals surface area contributed by atoms with Crippen LogP contribution in [0.2, 0.25) is 0 Å². The van der Waals surface area contributed by atoms with Gasteiger partial charge in [0.15, 0.2) is 0 Å². The smallest absolute Gasteiger partial charge is 0.123 e. The standard InChI is InChI=1S/C14H21FN2/c1-10-7-17(8-11(10)2)9-13-3-12(6-16)4-14(15)5-13/h3-5,10-11H,6-9,16H2,1-2H3. The molecule has 1 aromatic rings. The van der Waals surface area contributed by atoms with Crippen LogP contribution in [0.15, 0.2) is 18.2 Å². The largest absolute Gasteiger partial charge is 0.326 e. The summed E-state index contributed by atoms with van der Waals surface area (Å²) in [6.07, 6.45) is 0. The van der Waals surface area contributed by atoms with Crippen molar-refractivity contribution in [1.29, 1.82) is 0 Å². The van der Waals surface area contributed by atoms with Crippen LogP contribution in [0, 0.1) is 17.7 Å². The van der Waals surface area contributed by atoms with Crippen LogP contribution in [0.4, 0.5) is 4.39 Å². The van der Waals surface area contributed by atoms with E-state index in [0.29, 0.717) is 6.54 Å². The molecule has 2 unspecified atom stereocenters. The zero-order valence-electron chi connectivity index (χ0n) is 10.6. The van der Waals surface area contributed by atoms with Crippen LogP contribution >= 0.6 is 0 Å². The van der Waals surface area contributed by atoms with Gasteiger partial charge in [0.1, 0.15) is 5.82 Å². The predicted octanol–water partition coefficient (Wildman–Crippen LogP) is 2.37. The third kappa shape index (κ3) is 3.05. The van der Waals surface area contributed by atoms with Crippen molar-refractivity contribution >= 4 is 0 Å². The second-order valence-corrected chi connectivity index (χ2v) is 5.32. The van der Waals surface area contributed by atoms with E-state index in [-0.39, 0.29) is 5.82 Å². The molecule has 0 radical (unpaired) electrons. The summed E-state index contributed by atoms with van der Waals surface area (Å²) in [4.78, 5) is 2.39. The molecule has 2 N–H and O–H groups in total. The molecule has 1 heterocycles. The first-order valence-corrected chi connectivity index (χ1v) is 6.29. The Morgan fingerprint density at radius 1 is 1.18 bits per heavy atom. The first-order valence-electron chi connectivity index (χ1n) is 6.29. The monoisotopic (exact) mass is 236 g/mol. The fraction of sp³-hybridized carbons (Fsp3) is 0.571. The number of halogens is 1. The van der Waals surface area contributed by atoms with Crippen LogP contribution in [0.1, 0.15) is 25.0 Å². The molecular weight excluding hydrogens is 215 g/mol. The van der Waals surface area contributed by atoms with Crippen LogP contribution in [0.3, 0.4) is 0 Å². The van der Waals surface area contributed by atoms with Crippen molar-refractivity contribution in [2.45, 2.75) is 26.9 Å². The van der Waals surface area contributed by atoms with Gasteiger partial charge >= 0.3 is 0 Å². The summed E-state index contributed by atoms with van der Waals surface area (Å²) in [7, 11) is 0. The van der Waals surface area contributed by atoms with Gasteiger partial charge < -0.3 is 5.73 Å². The van der Waals surface area contributed by atoms with Crippen molar-refractivity contribution in [1.82, 2.24) is 4.90 Å². The summed E-state index contributed by atoms with van der Waals surface area (Å²) in [5, 5.41) is 0. The van der Waals surface area contributed by atoms with E-state index in [0.717, 1.165) is 42.6 Å². The average molecular weight is 236 g/mol. The molecule has 0 amide bonds. The van der Waals surface area contributed by atoms with Crippen molar-refractivity contribution in [3.63, 3.8) is 0 Å². The lowest BCUT2D eigenvalue weighted by Crippen LogP contribution is -2.20. The van der Waals surface area contributed by atoms with E-state index in [9.17, 15) is 4.39 Å². The summed E-state index contributed by atoms with van der Waals surface area (Å²) in [6, 6.07) is 5.14. The highest BCUT2D eigenvalue weighted by Crippen LogP contribution is 2.24. The highest BCUT2D eigenvalue weighted by atomic mass is 19.1. The lowest BCUT2D eigenvalue weighted by molar-refractivity contribution is 0.315. The summed E-state index contributed by atoms with van der Waals surface area (Å²) in [5.41, 5.74) is 7.47. The Morgan fingerprint density at radius 3 is 2.35 bits per heavy atom. The molecular formula is C14H21FN2. The first-order chi connectivity index (χ1) is 8.08. The SMILES string of the molecule is CC1CN(Cc2cc(F)cc(CN)c2)CC1C. The van der Waals surface area contributed by atoms with E-state index in [1.165, 1.54) is 6.07 Å². The number of benzene rings is 1. The maximum atomic E-state index is 13.4. The Balaban J connectivity index is 2.06. The molecule has 17 heavy (non-hydrogen) atoms. The topological polar surface area (TPSA) is 29.3 Å². The van der Waals surface area contributed by atoms with Gasteiger partial charge in [0.05, 0.1) is 0 Å². The Kier molecular flexibility index (Phi) is 3.79. The number of hydrogen-bond acceptors (Lipinski definition) is 2. The molecule has 0 aliphatic carbocycles. The Labute approximate surface area is 103 Å². The van der Waals surface area contributed by atoms with Gasteiger partial charge in [-0.05, 0) is 35.1 Å². The molecule has 0 bridgehead atoms. The number of nitrogens with zero attached hydrogens (tertiary/aromatic N) is 1. The summed E-state index contributed by atoms with van der Waals surface area (Å²) < 4.78 is 13.4. The van der Waals surface area contributed by atoms with Gasteiger partial charge in [0.25, 0.3) is 0 Å². The van der Waals surface area contributed by atoms with Crippen molar-refractivity contribution in [2.24, 2.45) is 17.6 Å². The maximum Gasteiger partial charge on any atom is 0.123 e. The van der Waals surface area contributed by atoms with Crippen molar-refractivity contribution in [2.75, 3.05) is 13.1 Å². The van der Waals surface area contributed by atoms with Crippen LogP contribution in [-0.2, 0) is 13.1 Å². The van der Waals surface area contributed by atoms with E-state index in [1.807, 2.05) is 6.07 Å². The number of nitrogens with two attached hydrogens (primary N) is 1. The van der Waals surface area contributed by atoms with Gasteiger partial charge in [-0.1, -0.05) is 19.9 Å². The fourth-order valence-electron chi connectivity index (χ4n) is 2.56. The minimum absolute atomic E-state index is 0.178. The maximum absolute atomic E-state index is 13.4. The molecule has 3 heteroatoms. The van der Waals surface area contributed by atoms with Gasteiger partial charge in [-0.2, -0.15) is 0 Å². The van der Waals surface area contributed by atoms with Gasteiger partial charge in [-0.25, -0.2) is 4.39 Å². The second-order valence-electron chi connectivity index (χ2n) is 5.32. The van der Waals surface area contributed by atoms with Crippen molar-refractivity contribution in [3.05, 3.63) is 35.1 Å². The molecule has 1 fully saturated rings. The van der Waals surface area contributed by atoms with Gasteiger partial charge in [0.2, 0.25) is 0 Å². The molecule has 1 aromatic carbocycles. The second kappa shape index (κ2) is 5.15. The lowest BCUT2D eigenvalue weighted by Gasteiger charge is -2.16. The Bertz CT molecular complexity index is 382. The van der Waals surface area contributed by atoms with E-state index in [1.54, 1.807) is 6.07 Å². The van der Waals surface area contributed by atoms with Gasteiger partial charge in [-0.15, -0.1) is 0 Å². The molecule has 1 saturated heterocycles. The molecule has 2 atom stereocenters. The zero-order chi connectivity index (χ0) is 12.4. The number of rotatable bonds is 3. The zero-order valence-corrected chi connectivity index (χ0v) is 10.6. The van der Waals surface area contributed by atoms with Crippen LogP contribution < -0.4 is 5.73 Å². The van der Waals surface area contributed by atoms with Crippen LogP contribution in [-0.4, -0.2) is 18.0 Å². The molecule has 0 aromatic heterocycles. The van der Waals surface area contributed by atoms with E-state index in [2.05, 4.69) is 18.7 Å². The summed E-state index contributed by atoms with van der Waals surface area (Å²) in [5.74, 6) is 1.29. The van der Waals surface area contributed by atoms with Crippen molar-refractivity contribution < 1.29 is 4.39 Å². The van der Waals surface area contributed by atoms with Crippen LogP contribution in [0.5, 0.6) is 0 Å². The summed E-state index contributed by atoms with van der Waals surface area (Å²) in [6.45, 7) is 8.01. The third-order valence-electron chi connectivity index (χ3n) is 3.72. The number of hydrogen-bond donors (Lipinski definition) is 1. The van der Waals surface area contributed by atoms with Crippen molar-refractivity contribution in [3.8, 4) is 0 Å². The van der Waals surface area contributed by atoms with E-state index < -0.39 is 0 Å². The van der Waals surface area contributed by atoms with E-state index in [4.69, 9.17) is 5.73 Å². The lowest BCUT2D eigenvalue weighted by atomic mass is 10.0. The molecule has 0 spiro atoms. The Morgan fingerprint density at radius 2 is 1.76 bits per heavy atom. The number of likely N-dealkylation sites (tertiary alicyclic amines) is 1. The predicted molar refractivity (Wildman–Crippen MR) is 67.9 cm³/mol. The first kappa shape index (κ1) is 12.5. The highest BCUT2D eigenvalue weighted by Gasteiger charge is 2.25. The minimum atomic E-state index is -0.178. The molecule has 2 nitrogen and oxygen atoms in total. The normalized spacial score (nSPS) is 25.4. The molecule has 2 rings (SSSR count). The quantitative estimate of drug-likeness (QED) is 0.873. The molecule has 0 saturated carbocycles. The third-order valence-corrected chi connectivity index (χ3v) is 3.72. The average Bonchev–Trinajstić information content (AvgIpc) is 2.57. The fourth-order valence-corrected chi connectivity index (χ4v) is 2.56. The molecule has 1 aliphatic rings. The van der Waals surface area contributed by atoms with Gasteiger partial charge in [-0.3, -0.25) is 4.90 Å². The molecule has 1 aliphatic heterocycles. The van der Waals surface area contributed by atoms with Crippen LogP contribution in [0.25, 0.3) is 0 Å².